The van der Waals surface area contributed by atoms with E-state index in [0.717, 1.165) is 19.6 Å². The Hall–Kier alpha value is -1.40. The van der Waals surface area contributed by atoms with E-state index in [9.17, 15) is 4.79 Å². The van der Waals surface area contributed by atoms with Crippen LogP contribution in [0.4, 0.5) is 5.82 Å². The Morgan fingerprint density at radius 3 is 2.94 bits per heavy atom. The van der Waals surface area contributed by atoms with Gasteiger partial charge in [-0.2, -0.15) is 0 Å². The number of piperazine rings is 1. The summed E-state index contributed by atoms with van der Waals surface area (Å²) >= 11 is 0. The molecular weight excluding hydrogens is 230 g/mol. The second-order valence-electron chi connectivity index (χ2n) is 4.69. The van der Waals surface area contributed by atoms with Gasteiger partial charge in [-0.05, 0) is 14.0 Å². The summed E-state index contributed by atoms with van der Waals surface area (Å²) < 4.78 is 1.67. The molecule has 0 aliphatic carbocycles. The second kappa shape index (κ2) is 5.49. The average Bonchev–Trinajstić information content (AvgIpc) is 2.39. The summed E-state index contributed by atoms with van der Waals surface area (Å²) in [5, 5.41) is 0. The molecule has 0 saturated carbocycles. The van der Waals surface area contributed by atoms with Crippen molar-refractivity contribution in [3.8, 4) is 0 Å². The lowest BCUT2D eigenvalue weighted by Gasteiger charge is -2.39. The molecule has 1 aliphatic heterocycles. The quantitative estimate of drug-likeness (QED) is 0.772. The molecule has 1 aromatic rings. The van der Waals surface area contributed by atoms with Crippen LogP contribution in [-0.4, -0.2) is 53.7 Å². The van der Waals surface area contributed by atoms with E-state index in [-0.39, 0.29) is 11.6 Å². The third-order valence-electron chi connectivity index (χ3n) is 3.47. The van der Waals surface area contributed by atoms with Crippen LogP contribution >= 0.6 is 0 Å². The molecule has 2 heterocycles. The van der Waals surface area contributed by atoms with Gasteiger partial charge in [0, 0.05) is 45.1 Å². The minimum atomic E-state index is -0.0250. The maximum Gasteiger partial charge on any atom is 0.293 e. The van der Waals surface area contributed by atoms with Crippen LogP contribution in [0, 0.1) is 0 Å². The van der Waals surface area contributed by atoms with Crippen molar-refractivity contribution in [1.82, 2.24) is 14.5 Å². The van der Waals surface area contributed by atoms with Crippen molar-refractivity contribution in [2.45, 2.75) is 19.5 Å². The van der Waals surface area contributed by atoms with Crippen molar-refractivity contribution in [3.63, 3.8) is 0 Å². The summed E-state index contributed by atoms with van der Waals surface area (Å²) in [5.74, 6) is 0.530. The highest BCUT2D eigenvalue weighted by Gasteiger charge is 2.27. The van der Waals surface area contributed by atoms with E-state index in [1.54, 1.807) is 17.0 Å². The zero-order chi connectivity index (χ0) is 13.1. The highest BCUT2D eigenvalue weighted by molar-refractivity contribution is 5.38. The van der Waals surface area contributed by atoms with Crippen LogP contribution in [0.25, 0.3) is 0 Å². The van der Waals surface area contributed by atoms with Crippen LogP contribution in [0.15, 0.2) is 17.2 Å². The first-order chi connectivity index (χ1) is 8.67. The smallest absolute Gasteiger partial charge is 0.293 e. The lowest BCUT2D eigenvalue weighted by atomic mass is 10.2. The van der Waals surface area contributed by atoms with Gasteiger partial charge in [0.15, 0.2) is 5.82 Å². The van der Waals surface area contributed by atoms with Gasteiger partial charge >= 0.3 is 0 Å². The summed E-state index contributed by atoms with van der Waals surface area (Å²) in [7, 11) is 2.07. The maximum absolute atomic E-state index is 12.2. The standard InChI is InChI=1S/C12H21N5O/c1-3-16-5-4-14-11(12(16)18)17-7-6-15(2)9-10(17)8-13/h4-5,10H,3,6-9,13H2,1-2H3. The van der Waals surface area contributed by atoms with Crippen LogP contribution in [-0.2, 0) is 6.54 Å². The normalized spacial score (nSPS) is 21.3. The van der Waals surface area contributed by atoms with Crippen molar-refractivity contribution in [2.75, 3.05) is 38.1 Å². The molecule has 1 unspecified atom stereocenters. The molecule has 0 bridgehead atoms. The van der Waals surface area contributed by atoms with E-state index < -0.39 is 0 Å². The fourth-order valence-corrected chi connectivity index (χ4v) is 2.37. The first kappa shape index (κ1) is 13.0. The van der Waals surface area contributed by atoms with Gasteiger partial charge in [0.2, 0.25) is 0 Å². The van der Waals surface area contributed by atoms with Gasteiger partial charge in [0.05, 0.1) is 6.04 Å². The molecule has 1 atom stereocenters. The van der Waals surface area contributed by atoms with E-state index in [0.29, 0.717) is 18.9 Å². The number of likely N-dealkylation sites (N-methyl/N-ethyl adjacent to an activating group) is 1. The van der Waals surface area contributed by atoms with Gasteiger partial charge < -0.3 is 20.1 Å². The van der Waals surface area contributed by atoms with Gasteiger partial charge in [0.25, 0.3) is 5.56 Å². The number of aryl methyl sites for hydroxylation is 1. The third kappa shape index (κ3) is 2.39. The van der Waals surface area contributed by atoms with Gasteiger partial charge in [0.1, 0.15) is 0 Å². The largest absolute Gasteiger partial charge is 0.345 e. The van der Waals surface area contributed by atoms with Crippen LogP contribution in [0.1, 0.15) is 6.92 Å². The monoisotopic (exact) mass is 251 g/mol. The van der Waals surface area contributed by atoms with E-state index in [4.69, 9.17) is 5.73 Å². The van der Waals surface area contributed by atoms with Gasteiger partial charge in [-0.15, -0.1) is 0 Å². The molecule has 0 spiro atoms. The Morgan fingerprint density at radius 1 is 1.50 bits per heavy atom. The number of hydrogen-bond donors (Lipinski definition) is 1. The van der Waals surface area contributed by atoms with Gasteiger partial charge in [-0.1, -0.05) is 0 Å². The number of hydrogen-bond acceptors (Lipinski definition) is 5. The number of rotatable bonds is 3. The Labute approximate surface area is 107 Å². The number of anilines is 1. The Morgan fingerprint density at radius 2 is 2.28 bits per heavy atom. The summed E-state index contributed by atoms with van der Waals surface area (Å²) in [6.45, 7) is 5.75. The van der Waals surface area contributed by atoms with Crippen molar-refractivity contribution in [2.24, 2.45) is 5.73 Å². The highest BCUT2D eigenvalue weighted by Crippen LogP contribution is 2.13. The fraction of sp³-hybridized carbons (Fsp3) is 0.667. The van der Waals surface area contributed by atoms with Crippen LogP contribution in [0.2, 0.25) is 0 Å². The molecule has 1 aromatic heterocycles. The van der Waals surface area contributed by atoms with E-state index in [1.165, 1.54) is 0 Å². The molecule has 0 radical (unpaired) electrons. The first-order valence-electron chi connectivity index (χ1n) is 6.38. The van der Waals surface area contributed by atoms with Crippen LogP contribution in [0.5, 0.6) is 0 Å². The Bertz CT molecular complexity index is 458. The molecule has 18 heavy (non-hydrogen) atoms. The van der Waals surface area contributed by atoms with E-state index >= 15 is 0 Å². The SMILES string of the molecule is CCn1ccnc(N2CCN(C)CC2CN)c1=O. The molecule has 2 N–H and O–H groups in total. The van der Waals surface area contributed by atoms with Crippen molar-refractivity contribution >= 4 is 5.82 Å². The molecule has 0 amide bonds. The first-order valence-corrected chi connectivity index (χ1v) is 6.38. The predicted octanol–water partition coefficient (Wildman–Crippen LogP) is -0.658. The van der Waals surface area contributed by atoms with Crippen LogP contribution < -0.4 is 16.2 Å². The number of nitrogens with two attached hydrogens (primary N) is 1. The molecule has 1 saturated heterocycles. The number of nitrogens with zero attached hydrogens (tertiary/aromatic N) is 4. The van der Waals surface area contributed by atoms with Crippen LogP contribution in [0.3, 0.4) is 0 Å². The molecule has 6 heteroatoms. The molecule has 6 nitrogen and oxygen atoms in total. The molecule has 1 fully saturated rings. The third-order valence-corrected chi connectivity index (χ3v) is 3.47. The van der Waals surface area contributed by atoms with E-state index in [2.05, 4.69) is 21.8 Å². The highest BCUT2D eigenvalue weighted by atomic mass is 16.1. The topological polar surface area (TPSA) is 67.4 Å². The van der Waals surface area contributed by atoms with Gasteiger partial charge in [-0.25, -0.2) is 4.98 Å². The fourth-order valence-electron chi connectivity index (χ4n) is 2.37. The second-order valence-corrected chi connectivity index (χ2v) is 4.69. The van der Waals surface area contributed by atoms with Crippen molar-refractivity contribution in [1.29, 1.82) is 0 Å². The Balaban J connectivity index is 2.33. The summed E-state index contributed by atoms with van der Waals surface area (Å²) in [6.07, 6.45) is 3.41. The molecular formula is C12H21N5O. The molecule has 2 rings (SSSR count). The molecule has 0 aromatic carbocycles. The Kier molecular flexibility index (Phi) is 3.98. The zero-order valence-corrected chi connectivity index (χ0v) is 11.0. The van der Waals surface area contributed by atoms with Gasteiger partial charge in [-0.3, -0.25) is 4.79 Å². The van der Waals surface area contributed by atoms with Crippen molar-refractivity contribution < 1.29 is 0 Å². The molecule has 1 aliphatic rings. The lowest BCUT2D eigenvalue weighted by molar-refractivity contribution is 0.268. The minimum absolute atomic E-state index is 0.0250. The zero-order valence-electron chi connectivity index (χ0n) is 11.0. The summed E-state index contributed by atoms with van der Waals surface area (Å²) in [5.41, 5.74) is 5.78. The number of aromatic nitrogens is 2. The average molecular weight is 251 g/mol. The minimum Gasteiger partial charge on any atom is -0.345 e. The lowest BCUT2D eigenvalue weighted by Crippen LogP contribution is -2.56. The van der Waals surface area contributed by atoms with E-state index in [1.807, 2.05) is 6.92 Å². The maximum atomic E-state index is 12.2. The van der Waals surface area contributed by atoms with Crippen molar-refractivity contribution in [3.05, 3.63) is 22.7 Å². The molecule has 100 valence electrons. The predicted molar refractivity (Wildman–Crippen MR) is 71.9 cm³/mol. The summed E-state index contributed by atoms with van der Waals surface area (Å²) in [6, 6.07) is 0.164. The summed E-state index contributed by atoms with van der Waals surface area (Å²) in [4.78, 5) is 20.8.